The lowest BCUT2D eigenvalue weighted by Crippen LogP contribution is -2.40. The predicted octanol–water partition coefficient (Wildman–Crippen LogP) is 1.85. The first kappa shape index (κ1) is 15.5. The molecule has 1 aliphatic carbocycles. The summed E-state index contributed by atoms with van der Waals surface area (Å²) in [6.07, 6.45) is 2.84. The molecule has 0 unspecified atom stereocenters. The van der Waals surface area contributed by atoms with Crippen LogP contribution in [0.3, 0.4) is 0 Å². The number of aryl methyl sites for hydroxylation is 1. The van der Waals surface area contributed by atoms with Crippen LogP contribution >= 0.6 is 11.3 Å². The van der Waals surface area contributed by atoms with Crippen LogP contribution in [0, 0.1) is 5.92 Å². The first-order valence-corrected chi connectivity index (χ1v) is 9.24. The summed E-state index contributed by atoms with van der Waals surface area (Å²) in [7, 11) is -3.29. The Morgan fingerprint density at radius 2 is 2.05 bits per heavy atom. The van der Waals surface area contributed by atoms with Crippen LogP contribution in [0.4, 0.5) is 0 Å². The fraction of sp³-hybridized carbons (Fsp3) is 0.615. The van der Waals surface area contributed by atoms with Crippen molar-refractivity contribution in [3.8, 4) is 0 Å². The van der Waals surface area contributed by atoms with Gasteiger partial charge in [-0.2, -0.15) is 0 Å². The summed E-state index contributed by atoms with van der Waals surface area (Å²) in [5.41, 5.74) is 0. The molecule has 112 valence electrons. The Kier molecular flexibility index (Phi) is 5.17. The summed E-state index contributed by atoms with van der Waals surface area (Å²) in [4.78, 5) is 11.9. The lowest BCUT2D eigenvalue weighted by molar-refractivity contribution is -0.142. The highest BCUT2D eigenvalue weighted by Crippen LogP contribution is 2.24. The minimum absolute atomic E-state index is 0.0897. The largest absolute Gasteiger partial charge is 0.481 e. The molecule has 0 radical (unpaired) electrons. The van der Waals surface area contributed by atoms with Crippen molar-refractivity contribution in [2.45, 2.75) is 38.1 Å². The van der Waals surface area contributed by atoms with Gasteiger partial charge < -0.3 is 5.11 Å². The molecule has 0 amide bonds. The van der Waals surface area contributed by atoms with E-state index < -0.39 is 16.0 Å². The number of carboxylic acids is 1. The zero-order valence-corrected chi connectivity index (χ0v) is 12.8. The van der Waals surface area contributed by atoms with Gasteiger partial charge in [0.1, 0.15) is 0 Å². The molecule has 5 nitrogen and oxygen atoms in total. The molecule has 1 aromatic rings. The Hall–Kier alpha value is -0.920. The molecule has 1 aromatic heterocycles. The van der Waals surface area contributed by atoms with Gasteiger partial charge in [0, 0.05) is 10.9 Å². The molecule has 20 heavy (non-hydrogen) atoms. The topological polar surface area (TPSA) is 83.5 Å². The Morgan fingerprint density at radius 3 is 2.60 bits per heavy atom. The third-order valence-electron chi connectivity index (χ3n) is 3.62. The first-order valence-electron chi connectivity index (χ1n) is 6.71. The van der Waals surface area contributed by atoms with Crippen molar-refractivity contribution in [1.82, 2.24) is 4.72 Å². The van der Waals surface area contributed by atoms with Crippen LogP contribution in [-0.2, 0) is 21.2 Å². The van der Waals surface area contributed by atoms with Gasteiger partial charge in [-0.1, -0.05) is 6.07 Å². The van der Waals surface area contributed by atoms with Crippen molar-refractivity contribution in [1.29, 1.82) is 0 Å². The average molecular weight is 317 g/mol. The van der Waals surface area contributed by atoms with Crippen molar-refractivity contribution in [2.24, 2.45) is 5.92 Å². The van der Waals surface area contributed by atoms with E-state index in [9.17, 15) is 13.2 Å². The molecule has 0 aromatic carbocycles. The molecular formula is C13H19NO4S2. The normalized spacial score (nSPS) is 23.6. The number of carboxylic acid groups (broad SMARTS) is 1. The zero-order valence-electron chi connectivity index (χ0n) is 11.1. The Balaban J connectivity index is 1.79. The van der Waals surface area contributed by atoms with Gasteiger partial charge in [0.05, 0.1) is 11.7 Å². The highest BCUT2D eigenvalue weighted by Gasteiger charge is 2.28. The molecule has 1 aliphatic rings. The molecule has 0 atom stereocenters. The summed E-state index contributed by atoms with van der Waals surface area (Å²) < 4.78 is 26.7. The molecule has 1 saturated carbocycles. The van der Waals surface area contributed by atoms with Gasteiger partial charge in [-0.3, -0.25) is 4.79 Å². The van der Waals surface area contributed by atoms with Crippen LogP contribution in [0.25, 0.3) is 0 Å². The number of carbonyl (C=O) groups is 1. The van der Waals surface area contributed by atoms with Crippen molar-refractivity contribution < 1.29 is 18.3 Å². The maximum atomic E-state index is 12.0. The summed E-state index contributed by atoms with van der Waals surface area (Å²) in [5, 5.41) is 10.8. The number of nitrogens with one attached hydrogen (secondary N) is 1. The molecule has 0 saturated heterocycles. The van der Waals surface area contributed by atoms with Gasteiger partial charge in [0.25, 0.3) is 0 Å². The molecule has 2 rings (SSSR count). The monoisotopic (exact) mass is 317 g/mol. The maximum absolute atomic E-state index is 12.0. The second-order valence-corrected chi connectivity index (χ2v) is 8.06. The molecule has 7 heteroatoms. The second-order valence-electron chi connectivity index (χ2n) is 5.15. The highest BCUT2D eigenvalue weighted by atomic mass is 32.2. The SMILES string of the molecule is O=C(O)C1CCC(NS(=O)(=O)CCc2cccs2)CC1. The number of thiophene rings is 1. The smallest absolute Gasteiger partial charge is 0.306 e. The van der Waals surface area contributed by atoms with E-state index in [0.717, 1.165) is 4.88 Å². The van der Waals surface area contributed by atoms with E-state index in [0.29, 0.717) is 32.1 Å². The Labute approximate surface area is 123 Å². The van der Waals surface area contributed by atoms with Crippen LogP contribution in [0.1, 0.15) is 30.6 Å². The lowest BCUT2D eigenvalue weighted by atomic mass is 9.87. The quantitative estimate of drug-likeness (QED) is 0.839. The number of hydrogen-bond acceptors (Lipinski definition) is 4. The highest BCUT2D eigenvalue weighted by molar-refractivity contribution is 7.89. The Bertz CT molecular complexity index is 531. The predicted molar refractivity (Wildman–Crippen MR) is 78.3 cm³/mol. The third-order valence-corrected chi connectivity index (χ3v) is 5.99. The molecule has 0 aliphatic heterocycles. The Morgan fingerprint density at radius 1 is 1.35 bits per heavy atom. The van der Waals surface area contributed by atoms with Crippen molar-refractivity contribution in [2.75, 3.05) is 5.75 Å². The van der Waals surface area contributed by atoms with E-state index in [4.69, 9.17) is 5.11 Å². The van der Waals surface area contributed by atoms with Crippen molar-refractivity contribution >= 4 is 27.3 Å². The minimum Gasteiger partial charge on any atom is -0.481 e. The van der Waals surface area contributed by atoms with Crippen molar-refractivity contribution in [3.63, 3.8) is 0 Å². The number of aliphatic carboxylic acids is 1. The van der Waals surface area contributed by atoms with E-state index in [1.165, 1.54) is 0 Å². The van der Waals surface area contributed by atoms with Crippen LogP contribution in [0.15, 0.2) is 17.5 Å². The van der Waals surface area contributed by atoms with Crippen LogP contribution in [0.2, 0.25) is 0 Å². The van der Waals surface area contributed by atoms with E-state index in [1.54, 1.807) is 11.3 Å². The number of rotatable bonds is 6. The van der Waals surface area contributed by atoms with Crippen LogP contribution < -0.4 is 4.72 Å². The van der Waals surface area contributed by atoms with Gasteiger partial charge in [0.2, 0.25) is 10.0 Å². The van der Waals surface area contributed by atoms with Crippen LogP contribution in [-0.4, -0.2) is 31.3 Å². The van der Waals surface area contributed by atoms with Gasteiger partial charge in [-0.05, 0) is 43.6 Å². The summed E-state index contributed by atoms with van der Waals surface area (Å²) in [6, 6.07) is 3.73. The van der Waals surface area contributed by atoms with Crippen molar-refractivity contribution in [3.05, 3.63) is 22.4 Å². The van der Waals surface area contributed by atoms with Crippen LogP contribution in [0.5, 0.6) is 0 Å². The molecule has 0 spiro atoms. The van der Waals surface area contributed by atoms with E-state index >= 15 is 0 Å². The number of sulfonamides is 1. The van der Waals surface area contributed by atoms with E-state index in [1.807, 2.05) is 17.5 Å². The summed E-state index contributed by atoms with van der Waals surface area (Å²) >= 11 is 1.56. The summed E-state index contributed by atoms with van der Waals surface area (Å²) in [5.74, 6) is -1.00. The average Bonchev–Trinajstić information content (AvgIpc) is 2.90. The third kappa shape index (κ3) is 4.57. The molecular weight excluding hydrogens is 298 g/mol. The standard InChI is InChI=1S/C13H19NO4S2/c15-13(16)10-3-5-11(6-4-10)14-20(17,18)9-7-12-2-1-8-19-12/h1-2,8,10-11,14H,3-7,9H2,(H,15,16). The maximum Gasteiger partial charge on any atom is 0.306 e. The fourth-order valence-electron chi connectivity index (χ4n) is 2.46. The van der Waals surface area contributed by atoms with Gasteiger partial charge in [0.15, 0.2) is 0 Å². The minimum atomic E-state index is -3.29. The molecule has 0 bridgehead atoms. The lowest BCUT2D eigenvalue weighted by Gasteiger charge is -2.26. The number of hydrogen-bond donors (Lipinski definition) is 2. The van der Waals surface area contributed by atoms with Gasteiger partial charge in [-0.25, -0.2) is 13.1 Å². The molecule has 2 N–H and O–H groups in total. The zero-order chi connectivity index (χ0) is 14.6. The van der Waals surface area contributed by atoms with Gasteiger partial charge >= 0.3 is 5.97 Å². The second kappa shape index (κ2) is 6.69. The molecule has 1 fully saturated rings. The molecule has 1 heterocycles. The van der Waals surface area contributed by atoms with Gasteiger partial charge in [-0.15, -0.1) is 11.3 Å². The first-order chi connectivity index (χ1) is 9.46. The van der Waals surface area contributed by atoms with E-state index in [2.05, 4.69) is 4.72 Å². The summed E-state index contributed by atoms with van der Waals surface area (Å²) in [6.45, 7) is 0. The fourth-order valence-corrected chi connectivity index (χ4v) is 4.65. The van der Waals surface area contributed by atoms with E-state index in [-0.39, 0.29) is 17.7 Å².